The Balaban J connectivity index is 2.81. The van der Waals surface area contributed by atoms with Crippen LogP contribution in [0.25, 0.3) is 6.08 Å². The van der Waals surface area contributed by atoms with E-state index < -0.39 is 4.92 Å². The van der Waals surface area contributed by atoms with Crippen LogP contribution in [0.1, 0.15) is 32.3 Å². The van der Waals surface area contributed by atoms with E-state index in [2.05, 4.69) is 13.8 Å². The minimum atomic E-state index is -0.446. The van der Waals surface area contributed by atoms with Crippen molar-refractivity contribution >= 4 is 17.7 Å². The van der Waals surface area contributed by atoms with Crippen LogP contribution >= 0.6 is 0 Å². The molecule has 1 aromatic rings. The van der Waals surface area contributed by atoms with Crippen molar-refractivity contribution in [1.82, 2.24) is 4.90 Å². The summed E-state index contributed by atoms with van der Waals surface area (Å²) in [6.45, 7) is 5.16. The van der Waals surface area contributed by atoms with Crippen molar-refractivity contribution in [1.29, 1.82) is 0 Å². The molecule has 6 heteroatoms. The Morgan fingerprint density at radius 2 is 1.91 bits per heavy atom. The molecule has 0 unspecified atom stereocenters. The quantitative estimate of drug-likeness (QED) is 0.398. The zero-order chi connectivity index (χ0) is 17.2. The molecule has 0 bridgehead atoms. The van der Waals surface area contributed by atoms with Crippen molar-refractivity contribution in [3.63, 3.8) is 0 Å². The fourth-order valence-electron chi connectivity index (χ4n) is 2.36. The average molecular weight is 320 g/mol. The summed E-state index contributed by atoms with van der Waals surface area (Å²) >= 11 is 0. The van der Waals surface area contributed by atoms with Crippen LogP contribution in [0.15, 0.2) is 30.3 Å². The number of hydrogen-bond acceptors (Lipinski definition) is 4. The van der Waals surface area contributed by atoms with E-state index in [1.54, 1.807) is 25.3 Å². The van der Waals surface area contributed by atoms with Gasteiger partial charge >= 0.3 is 0 Å². The maximum Gasteiger partial charge on any atom is 0.269 e. The standard InChI is InChI=1S/C17H24N2O4/c1-4-15(5-2)18(12-13-23-3)17(20)11-8-14-6-9-16(10-7-14)19(21)22/h6-11,15H,4-5,12-13H2,1-3H3/b11-8+. The fraction of sp³-hybridized carbons (Fsp3) is 0.471. The van der Waals surface area contributed by atoms with Crippen LogP contribution < -0.4 is 0 Å². The number of benzene rings is 1. The van der Waals surface area contributed by atoms with E-state index in [0.717, 1.165) is 18.4 Å². The minimum Gasteiger partial charge on any atom is -0.383 e. The third kappa shape index (κ3) is 5.83. The maximum atomic E-state index is 12.4. The zero-order valence-electron chi connectivity index (χ0n) is 13.9. The second-order valence-corrected chi connectivity index (χ2v) is 5.18. The average Bonchev–Trinajstić information content (AvgIpc) is 2.56. The van der Waals surface area contributed by atoms with Gasteiger partial charge in [0.15, 0.2) is 0 Å². The van der Waals surface area contributed by atoms with E-state index >= 15 is 0 Å². The number of rotatable bonds is 9. The number of nitro benzene ring substituents is 1. The van der Waals surface area contributed by atoms with Gasteiger partial charge in [0.25, 0.3) is 5.69 Å². The monoisotopic (exact) mass is 320 g/mol. The number of non-ortho nitro benzene ring substituents is 1. The van der Waals surface area contributed by atoms with Gasteiger partial charge in [-0.05, 0) is 36.6 Å². The molecule has 0 fully saturated rings. The van der Waals surface area contributed by atoms with Crippen molar-refractivity contribution in [3.8, 4) is 0 Å². The lowest BCUT2D eigenvalue weighted by Crippen LogP contribution is -2.40. The number of ether oxygens (including phenoxy) is 1. The summed E-state index contributed by atoms with van der Waals surface area (Å²) in [6, 6.07) is 6.28. The molecule has 0 saturated carbocycles. The summed E-state index contributed by atoms with van der Waals surface area (Å²) in [4.78, 5) is 24.4. The molecule has 0 aliphatic carbocycles. The Bertz CT molecular complexity index is 536. The summed E-state index contributed by atoms with van der Waals surface area (Å²) < 4.78 is 5.08. The summed E-state index contributed by atoms with van der Waals surface area (Å²) in [5.74, 6) is -0.0749. The van der Waals surface area contributed by atoms with Crippen molar-refractivity contribution in [2.75, 3.05) is 20.3 Å². The number of carbonyl (C=O) groups is 1. The first-order valence-electron chi connectivity index (χ1n) is 7.75. The molecule has 0 aromatic heterocycles. The molecule has 0 radical (unpaired) electrons. The SMILES string of the molecule is CCC(CC)N(CCOC)C(=O)/C=C/c1ccc([N+](=O)[O-])cc1. The highest BCUT2D eigenvalue weighted by atomic mass is 16.6. The van der Waals surface area contributed by atoms with Crippen LogP contribution in [0, 0.1) is 10.1 Å². The molecule has 0 saturated heterocycles. The van der Waals surface area contributed by atoms with Crippen LogP contribution in [-0.4, -0.2) is 42.0 Å². The van der Waals surface area contributed by atoms with Crippen molar-refractivity contribution in [2.24, 2.45) is 0 Å². The van der Waals surface area contributed by atoms with Crippen LogP contribution in [-0.2, 0) is 9.53 Å². The van der Waals surface area contributed by atoms with Gasteiger partial charge in [0.2, 0.25) is 5.91 Å². The lowest BCUT2D eigenvalue weighted by atomic mass is 10.1. The van der Waals surface area contributed by atoms with Gasteiger partial charge in [-0.25, -0.2) is 0 Å². The molecule has 1 amide bonds. The predicted octanol–water partition coefficient (Wildman–Crippen LogP) is 3.27. The molecule has 0 heterocycles. The normalized spacial score (nSPS) is 11.1. The Kier molecular flexibility index (Phi) is 7.97. The van der Waals surface area contributed by atoms with Gasteiger partial charge in [-0.2, -0.15) is 0 Å². The van der Waals surface area contributed by atoms with E-state index in [-0.39, 0.29) is 17.6 Å². The van der Waals surface area contributed by atoms with Crippen molar-refractivity contribution in [3.05, 3.63) is 46.0 Å². The van der Waals surface area contributed by atoms with Gasteiger partial charge in [-0.15, -0.1) is 0 Å². The first kappa shape index (κ1) is 18.8. The molecule has 23 heavy (non-hydrogen) atoms. The second kappa shape index (κ2) is 9.74. The molecular weight excluding hydrogens is 296 g/mol. The van der Waals surface area contributed by atoms with E-state index in [1.807, 2.05) is 4.90 Å². The molecule has 0 atom stereocenters. The smallest absolute Gasteiger partial charge is 0.269 e. The molecule has 0 spiro atoms. The van der Waals surface area contributed by atoms with Gasteiger partial charge in [0.1, 0.15) is 0 Å². The molecule has 0 aliphatic heterocycles. The molecule has 1 aromatic carbocycles. The second-order valence-electron chi connectivity index (χ2n) is 5.18. The summed E-state index contributed by atoms with van der Waals surface area (Å²) in [6.07, 6.45) is 4.96. The van der Waals surface area contributed by atoms with Crippen molar-refractivity contribution < 1.29 is 14.5 Å². The topological polar surface area (TPSA) is 72.7 Å². The number of hydrogen-bond donors (Lipinski definition) is 0. The third-order valence-electron chi connectivity index (χ3n) is 3.72. The Labute approximate surface area is 136 Å². The first-order valence-corrected chi connectivity index (χ1v) is 7.75. The van der Waals surface area contributed by atoms with E-state index in [1.165, 1.54) is 18.2 Å². The summed E-state index contributed by atoms with van der Waals surface area (Å²) in [5, 5.41) is 10.6. The first-order chi connectivity index (χ1) is 11.0. The number of carbonyl (C=O) groups excluding carboxylic acids is 1. The highest BCUT2D eigenvalue weighted by Gasteiger charge is 2.18. The highest BCUT2D eigenvalue weighted by molar-refractivity contribution is 5.92. The lowest BCUT2D eigenvalue weighted by molar-refractivity contribution is -0.384. The maximum absolute atomic E-state index is 12.4. The van der Waals surface area contributed by atoms with Crippen LogP contribution in [0.3, 0.4) is 0 Å². The minimum absolute atomic E-state index is 0.0345. The molecule has 6 nitrogen and oxygen atoms in total. The Morgan fingerprint density at radius 3 is 2.39 bits per heavy atom. The Morgan fingerprint density at radius 1 is 1.30 bits per heavy atom. The fourth-order valence-corrected chi connectivity index (χ4v) is 2.36. The predicted molar refractivity (Wildman–Crippen MR) is 90.1 cm³/mol. The molecule has 1 rings (SSSR count). The van der Waals surface area contributed by atoms with E-state index in [0.29, 0.717) is 13.2 Å². The van der Waals surface area contributed by atoms with Gasteiger partial charge in [0.05, 0.1) is 11.5 Å². The van der Waals surface area contributed by atoms with Gasteiger partial charge in [0, 0.05) is 37.9 Å². The van der Waals surface area contributed by atoms with E-state index in [9.17, 15) is 14.9 Å². The van der Waals surface area contributed by atoms with E-state index in [4.69, 9.17) is 4.74 Å². The Hall–Kier alpha value is -2.21. The third-order valence-corrected chi connectivity index (χ3v) is 3.72. The number of amides is 1. The van der Waals surface area contributed by atoms with Crippen LogP contribution in [0.5, 0.6) is 0 Å². The van der Waals surface area contributed by atoms with Crippen molar-refractivity contribution in [2.45, 2.75) is 32.7 Å². The zero-order valence-corrected chi connectivity index (χ0v) is 13.9. The van der Waals surface area contributed by atoms with Gasteiger partial charge in [-0.1, -0.05) is 13.8 Å². The molecule has 0 aliphatic rings. The van der Waals surface area contributed by atoms with Gasteiger partial charge in [-0.3, -0.25) is 14.9 Å². The summed E-state index contributed by atoms with van der Waals surface area (Å²) in [7, 11) is 1.61. The molecule has 0 N–H and O–H groups in total. The lowest BCUT2D eigenvalue weighted by Gasteiger charge is -2.29. The largest absolute Gasteiger partial charge is 0.383 e. The van der Waals surface area contributed by atoms with Gasteiger partial charge < -0.3 is 9.64 Å². The van der Waals surface area contributed by atoms with Crippen LogP contribution in [0.2, 0.25) is 0 Å². The number of methoxy groups -OCH3 is 1. The summed E-state index contributed by atoms with van der Waals surface area (Å²) in [5.41, 5.74) is 0.785. The molecule has 126 valence electrons. The highest BCUT2D eigenvalue weighted by Crippen LogP contribution is 2.14. The molecular formula is C17H24N2O4. The van der Waals surface area contributed by atoms with Crippen LogP contribution in [0.4, 0.5) is 5.69 Å². The number of nitrogens with zero attached hydrogens (tertiary/aromatic N) is 2. The number of nitro groups is 1.